The van der Waals surface area contributed by atoms with E-state index in [9.17, 15) is 9.90 Å². The molecular formula is C12H14INO3. The third-order valence-corrected chi connectivity index (χ3v) is 3.64. The lowest BCUT2D eigenvalue weighted by atomic mass is 9.89. The van der Waals surface area contributed by atoms with Gasteiger partial charge in [0.2, 0.25) is 0 Å². The van der Waals surface area contributed by atoms with Crippen LogP contribution in [0.3, 0.4) is 0 Å². The number of phenolic OH excluding ortho intramolecular Hbond substituents is 1. The number of rotatable bonds is 3. The van der Waals surface area contributed by atoms with Gasteiger partial charge in [0.1, 0.15) is 5.75 Å². The van der Waals surface area contributed by atoms with Crippen LogP contribution in [0.15, 0.2) is 18.2 Å². The van der Waals surface area contributed by atoms with Gasteiger partial charge in [-0.15, -0.1) is 0 Å². The normalized spacial score (nSPS) is 22.9. The van der Waals surface area contributed by atoms with Crippen molar-refractivity contribution in [2.24, 2.45) is 0 Å². The molecule has 1 aromatic rings. The molecule has 2 N–H and O–H groups in total. The fraction of sp³-hybridized carbons (Fsp3) is 0.417. The van der Waals surface area contributed by atoms with Gasteiger partial charge in [-0.2, -0.15) is 0 Å². The van der Waals surface area contributed by atoms with Crippen molar-refractivity contribution in [2.45, 2.75) is 25.0 Å². The molecule has 1 aromatic carbocycles. The number of phenols is 1. The molecule has 17 heavy (non-hydrogen) atoms. The lowest BCUT2D eigenvalue weighted by molar-refractivity contribution is 0.0176. The van der Waals surface area contributed by atoms with Crippen LogP contribution in [0, 0.1) is 3.57 Å². The molecule has 4 nitrogen and oxygen atoms in total. The van der Waals surface area contributed by atoms with Crippen molar-refractivity contribution in [2.75, 3.05) is 7.11 Å². The Morgan fingerprint density at radius 3 is 2.88 bits per heavy atom. The fourth-order valence-corrected chi connectivity index (χ4v) is 2.32. The third-order valence-electron chi connectivity index (χ3n) is 2.97. The van der Waals surface area contributed by atoms with Gasteiger partial charge in [-0.25, -0.2) is 0 Å². The minimum Gasteiger partial charge on any atom is -0.507 e. The number of methoxy groups -OCH3 is 1. The van der Waals surface area contributed by atoms with Crippen LogP contribution in [0.25, 0.3) is 0 Å². The summed E-state index contributed by atoms with van der Waals surface area (Å²) in [5.41, 5.74) is 0.331. The number of halogens is 1. The molecule has 0 saturated heterocycles. The van der Waals surface area contributed by atoms with Gasteiger partial charge < -0.3 is 15.2 Å². The lowest BCUT2D eigenvalue weighted by Crippen LogP contribution is -2.47. The van der Waals surface area contributed by atoms with Crippen molar-refractivity contribution in [3.63, 3.8) is 0 Å². The van der Waals surface area contributed by atoms with Gasteiger partial charge in [0.15, 0.2) is 0 Å². The summed E-state index contributed by atoms with van der Waals surface area (Å²) >= 11 is 2.11. The van der Waals surface area contributed by atoms with Gasteiger partial charge in [-0.3, -0.25) is 4.79 Å². The minimum atomic E-state index is -0.222. The zero-order chi connectivity index (χ0) is 12.4. The molecule has 1 saturated carbocycles. The van der Waals surface area contributed by atoms with Crippen LogP contribution in [0.4, 0.5) is 0 Å². The maximum atomic E-state index is 11.9. The van der Waals surface area contributed by atoms with Gasteiger partial charge in [0.25, 0.3) is 5.91 Å². The summed E-state index contributed by atoms with van der Waals surface area (Å²) in [6.07, 6.45) is 1.93. The molecule has 0 aromatic heterocycles. The van der Waals surface area contributed by atoms with E-state index < -0.39 is 0 Å². The van der Waals surface area contributed by atoms with Crippen molar-refractivity contribution in [3.05, 3.63) is 27.3 Å². The molecule has 0 bridgehead atoms. The van der Waals surface area contributed by atoms with Crippen molar-refractivity contribution in [1.29, 1.82) is 0 Å². The first kappa shape index (κ1) is 12.6. The highest BCUT2D eigenvalue weighted by atomic mass is 127. The molecule has 0 heterocycles. The highest BCUT2D eigenvalue weighted by Crippen LogP contribution is 2.24. The van der Waals surface area contributed by atoms with Crippen LogP contribution in [-0.4, -0.2) is 30.3 Å². The van der Waals surface area contributed by atoms with E-state index in [0.29, 0.717) is 5.56 Å². The Hall–Kier alpha value is -0.820. The highest BCUT2D eigenvalue weighted by molar-refractivity contribution is 14.1. The van der Waals surface area contributed by atoms with E-state index in [2.05, 4.69) is 27.9 Å². The summed E-state index contributed by atoms with van der Waals surface area (Å²) in [5, 5.41) is 12.5. The van der Waals surface area contributed by atoms with Gasteiger partial charge >= 0.3 is 0 Å². The van der Waals surface area contributed by atoms with E-state index in [1.54, 1.807) is 19.2 Å². The van der Waals surface area contributed by atoms with Crippen molar-refractivity contribution in [3.8, 4) is 5.75 Å². The SMILES string of the molecule is COC1CC(NC(=O)c2cc(I)ccc2O)C1. The molecule has 0 spiro atoms. The predicted molar refractivity (Wildman–Crippen MR) is 72.1 cm³/mol. The molecule has 0 atom stereocenters. The van der Waals surface area contributed by atoms with Crippen LogP contribution >= 0.6 is 22.6 Å². The van der Waals surface area contributed by atoms with Crippen molar-refractivity contribution < 1.29 is 14.6 Å². The summed E-state index contributed by atoms with van der Waals surface area (Å²) in [5.74, 6) is -0.203. The van der Waals surface area contributed by atoms with Gasteiger partial charge in [0.05, 0.1) is 11.7 Å². The van der Waals surface area contributed by atoms with Crippen molar-refractivity contribution >= 4 is 28.5 Å². The Balaban J connectivity index is 1.98. The smallest absolute Gasteiger partial charge is 0.255 e. The number of hydrogen-bond donors (Lipinski definition) is 2. The second-order valence-electron chi connectivity index (χ2n) is 4.16. The largest absolute Gasteiger partial charge is 0.507 e. The molecule has 0 unspecified atom stereocenters. The van der Waals surface area contributed by atoms with Crippen LogP contribution in [0.1, 0.15) is 23.2 Å². The van der Waals surface area contributed by atoms with Gasteiger partial charge in [0, 0.05) is 16.7 Å². The summed E-state index contributed by atoms with van der Waals surface area (Å²) < 4.78 is 6.07. The van der Waals surface area contributed by atoms with Crippen molar-refractivity contribution in [1.82, 2.24) is 5.32 Å². The van der Waals surface area contributed by atoms with E-state index in [4.69, 9.17) is 4.74 Å². The molecule has 92 valence electrons. The summed E-state index contributed by atoms with van der Waals surface area (Å²) in [6.45, 7) is 0. The molecule has 0 aliphatic heterocycles. The number of hydrogen-bond acceptors (Lipinski definition) is 3. The number of carbonyl (C=O) groups excluding carboxylic acids is 1. The second kappa shape index (κ2) is 5.22. The molecule has 1 fully saturated rings. The maximum Gasteiger partial charge on any atom is 0.255 e. The van der Waals surface area contributed by atoms with Crippen LogP contribution in [0.5, 0.6) is 5.75 Å². The predicted octanol–water partition coefficient (Wildman–Crippen LogP) is 1.90. The zero-order valence-corrected chi connectivity index (χ0v) is 11.6. The number of benzene rings is 1. The number of aromatic hydroxyl groups is 1. The van der Waals surface area contributed by atoms with E-state index in [0.717, 1.165) is 16.4 Å². The average Bonchev–Trinajstić information content (AvgIpc) is 2.25. The summed E-state index contributed by atoms with van der Waals surface area (Å²) in [7, 11) is 1.67. The van der Waals surface area contributed by atoms with Crippen LogP contribution < -0.4 is 5.32 Å². The fourth-order valence-electron chi connectivity index (χ4n) is 1.83. The summed E-state index contributed by atoms with van der Waals surface area (Å²) in [4.78, 5) is 11.9. The Morgan fingerprint density at radius 2 is 2.24 bits per heavy atom. The standard InChI is InChI=1S/C12H14INO3/c1-17-9-5-8(6-9)14-12(16)10-4-7(13)2-3-11(10)15/h2-4,8-9,15H,5-6H2,1H3,(H,14,16). The first-order valence-electron chi connectivity index (χ1n) is 5.42. The minimum absolute atomic E-state index is 0.0190. The molecule has 1 aliphatic rings. The molecule has 1 aliphatic carbocycles. The van der Waals surface area contributed by atoms with Crippen LogP contribution in [-0.2, 0) is 4.74 Å². The Bertz CT molecular complexity index is 430. The first-order valence-corrected chi connectivity index (χ1v) is 6.50. The maximum absolute atomic E-state index is 11.9. The number of ether oxygens (including phenoxy) is 1. The molecule has 0 radical (unpaired) electrons. The first-order chi connectivity index (χ1) is 8.10. The number of carbonyl (C=O) groups is 1. The molecule has 5 heteroatoms. The van der Waals surface area contributed by atoms with E-state index >= 15 is 0 Å². The number of amides is 1. The van der Waals surface area contributed by atoms with Gasteiger partial charge in [-0.1, -0.05) is 0 Å². The van der Waals surface area contributed by atoms with E-state index in [-0.39, 0.29) is 23.8 Å². The molecular weight excluding hydrogens is 333 g/mol. The third kappa shape index (κ3) is 2.90. The number of nitrogens with one attached hydrogen (secondary N) is 1. The lowest BCUT2D eigenvalue weighted by Gasteiger charge is -2.34. The Morgan fingerprint density at radius 1 is 1.53 bits per heavy atom. The zero-order valence-electron chi connectivity index (χ0n) is 9.44. The topological polar surface area (TPSA) is 58.6 Å². The molecule has 1 amide bonds. The van der Waals surface area contributed by atoms with E-state index in [1.807, 2.05) is 0 Å². The Labute approximate surface area is 113 Å². The Kier molecular flexibility index (Phi) is 3.88. The quantitative estimate of drug-likeness (QED) is 0.822. The monoisotopic (exact) mass is 347 g/mol. The summed E-state index contributed by atoms with van der Waals surface area (Å²) in [6, 6.07) is 5.13. The second-order valence-corrected chi connectivity index (χ2v) is 5.41. The average molecular weight is 347 g/mol. The highest BCUT2D eigenvalue weighted by Gasteiger charge is 2.30. The molecule has 2 rings (SSSR count). The van der Waals surface area contributed by atoms with Crippen LogP contribution in [0.2, 0.25) is 0 Å². The van der Waals surface area contributed by atoms with E-state index in [1.165, 1.54) is 6.07 Å². The van der Waals surface area contributed by atoms with Gasteiger partial charge in [-0.05, 0) is 53.6 Å².